The second kappa shape index (κ2) is 7.68. The maximum atomic E-state index is 12.1. The Morgan fingerprint density at radius 1 is 1.46 bits per heavy atom. The van der Waals surface area contributed by atoms with Crippen molar-refractivity contribution in [2.75, 3.05) is 6.54 Å². The molecule has 1 amide bonds. The van der Waals surface area contributed by atoms with E-state index in [4.69, 9.17) is 5.11 Å². The van der Waals surface area contributed by atoms with Gasteiger partial charge in [0.15, 0.2) is 5.17 Å². The van der Waals surface area contributed by atoms with E-state index in [-0.39, 0.29) is 18.0 Å². The van der Waals surface area contributed by atoms with Gasteiger partial charge in [0.05, 0.1) is 17.6 Å². The molecule has 0 spiro atoms. The summed E-state index contributed by atoms with van der Waals surface area (Å²) >= 11 is 1.06. The lowest BCUT2D eigenvalue weighted by Crippen LogP contribution is -2.32. The molecule has 0 radical (unpaired) electrons. The monoisotopic (exact) mass is 350 g/mol. The van der Waals surface area contributed by atoms with Crippen LogP contribution in [0.3, 0.4) is 0 Å². The number of non-ortho nitro benzene ring substituents is 1. The fourth-order valence-electron chi connectivity index (χ4n) is 1.99. The van der Waals surface area contributed by atoms with Crippen molar-refractivity contribution in [3.63, 3.8) is 0 Å². The number of amides is 1. The van der Waals surface area contributed by atoms with Crippen molar-refractivity contribution < 1.29 is 19.6 Å². The van der Waals surface area contributed by atoms with Crippen LogP contribution in [0.25, 0.3) is 0 Å². The summed E-state index contributed by atoms with van der Waals surface area (Å²) in [7, 11) is 0. The van der Waals surface area contributed by atoms with Crippen LogP contribution in [-0.4, -0.2) is 50.0 Å². The highest BCUT2D eigenvalue weighted by Gasteiger charge is 2.38. The van der Waals surface area contributed by atoms with Gasteiger partial charge in [0.25, 0.3) is 5.69 Å². The van der Waals surface area contributed by atoms with Crippen LogP contribution in [0, 0.1) is 10.1 Å². The predicted octanol–water partition coefficient (Wildman–Crippen LogP) is 1.72. The molecule has 1 N–H and O–H groups in total. The summed E-state index contributed by atoms with van der Waals surface area (Å²) in [5.74, 6) is -1.35. The second-order valence-electron chi connectivity index (χ2n) is 4.76. The number of hydrogen-bond donors (Lipinski definition) is 1. The number of carboxylic acid groups (broad SMARTS) is 1. The molecule has 1 aromatic carbocycles. The lowest BCUT2D eigenvalue weighted by molar-refractivity contribution is -0.384. The Bertz CT molecular complexity index is 716. The molecule has 0 bridgehead atoms. The first kappa shape index (κ1) is 17.6. The van der Waals surface area contributed by atoms with Crippen molar-refractivity contribution in [1.82, 2.24) is 4.90 Å². The molecule has 0 aliphatic carbocycles. The fraction of sp³-hybridized carbons (Fsp3) is 0.286. The highest BCUT2D eigenvalue weighted by molar-refractivity contribution is 8.15. The van der Waals surface area contributed by atoms with Gasteiger partial charge in [0.1, 0.15) is 5.25 Å². The number of hydrogen-bond acceptors (Lipinski definition) is 7. The molecule has 1 aliphatic heterocycles. The highest BCUT2D eigenvalue weighted by Crippen LogP contribution is 2.29. The van der Waals surface area contributed by atoms with E-state index in [2.05, 4.69) is 10.2 Å². The molecule has 0 aromatic heterocycles. The van der Waals surface area contributed by atoms with Crippen LogP contribution >= 0.6 is 11.8 Å². The van der Waals surface area contributed by atoms with Gasteiger partial charge >= 0.3 is 5.97 Å². The zero-order chi connectivity index (χ0) is 17.7. The Balaban J connectivity index is 2.10. The van der Waals surface area contributed by atoms with Crippen molar-refractivity contribution in [1.29, 1.82) is 0 Å². The number of carbonyl (C=O) groups is 2. The number of aliphatic carboxylic acids is 1. The first-order valence-electron chi connectivity index (χ1n) is 6.97. The maximum absolute atomic E-state index is 12.1. The third-order valence-corrected chi connectivity index (χ3v) is 4.32. The molecule has 126 valence electrons. The van der Waals surface area contributed by atoms with E-state index in [1.807, 2.05) is 0 Å². The number of rotatable bonds is 6. The van der Waals surface area contributed by atoms with Crippen LogP contribution in [0.2, 0.25) is 0 Å². The van der Waals surface area contributed by atoms with E-state index in [1.165, 1.54) is 35.4 Å². The van der Waals surface area contributed by atoms with E-state index < -0.39 is 16.1 Å². The number of amidine groups is 1. The number of nitro groups is 1. The normalized spacial score (nSPS) is 19.4. The third-order valence-electron chi connectivity index (χ3n) is 3.15. The largest absolute Gasteiger partial charge is 0.481 e. The predicted molar refractivity (Wildman–Crippen MR) is 89.1 cm³/mol. The Morgan fingerprint density at radius 3 is 2.67 bits per heavy atom. The number of carbonyl (C=O) groups excluding carboxylic acids is 1. The van der Waals surface area contributed by atoms with Gasteiger partial charge in [-0.05, 0) is 24.6 Å². The molecule has 9 nitrogen and oxygen atoms in total. The Labute approximate surface area is 141 Å². The topological polar surface area (TPSA) is 125 Å². The van der Waals surface area contributed by atoms with Gasteiger partial charge in [-0.3, -0.25) is 24.6 Å². The molecule has 1 aliphatic rings. The summed E-state index contributed by atoms with van der Waals surface area (Å²) in [5, 5.41) is 26.9. The van der Waals surface area contributed by atoms with Crippen LogP contribution in [0.4, 0.5) is 5.69 Å². The third kappa shape index (κ3) is 4.16. The van der Waals surface area contributed by atoms with E-state index in [0.717, 1.165) is 11.8 Å². The van der Waals surface area contributed by atoms with Crippen molar-refractivity contribution >= 4 is 40.7 Å². The van der Waals surface area contributed by atoms with E-state index in [1.54, 1.807) is 6.92 Å². The summed E-state index contributed by atoms with van der Waals surface area (Å²) in [6.45, 7) is 2.13. The van der Waals surface area contributed by atoms with E-state index >= 15 is 0 Å². The fourth-order valence-corrected chi connectivity index (χ4v) is 3.14. The molecular weight excluding hydrogens is 336 g/mol. The lowest BCUT2D eigenvalue weighted by atomic mass is 10.2. The van der Waals surface area contributed by atoms with Crippen LogP contribution in [0.1, 0.15) is 18.9 Å². The molecule has 2 rings (SSSR count). The number of nitro benzene ring substituents is 1. The zero-order valence-electron chi connectivity index (χ0n) is 12.7. The minimum atomic E-state index is -1.05. The van der Waals surface area contributed by atoms with Crippen molar-refractivity contribution in [3.05, 3.63) is 39.9 Å². The van der Waals surface area contributed by atoms with Crippen LogP contribution in [0.5, 0.6) is 0 Å². The molecule has 1 unspecified atom stereocenters. The summed E-state index contributed by atoms with van der Waals surface area (Å²) in [4.78, 5) is 34.3. The van der Waals surface area contributed by atoms with Gasteiger partial charge in [-0.1, -0.05) is 11.8 Å². The zero-order valence-corrected chi connectivity index (χ0v) is 13.5. The minimum Gasteiger partial charge on any atom is -0.481 e. The average Bonchev–Trinajstić information content (AvgIpc) is 2.82. The maximum Gasteiger partial charge on any atom is 0.305 e. The van der Waals surface area contributed by atoms with Crippen molar-refractivity contribution in [2.24, 2.45) is 10.2 Å². The molecule has 1 saturated heterocycles. The molecule has 0 saturated carbocycles. The second-order valence-corrected chi connectivity index (χ2v) is 5.93. The molecule has 10 heteroatoms. The van der Waals surface area contributed by atoms with E-state index in [9.17, 15) is 19.7 Å². The molecule has 1 fully saturated rings. The summed E-state index contributed by atoms with van der Waals surface area (Å²) in [6, 6.07) is 5.76. The lowest BCUT2D eigenvalue weighted by Gasteiger charge is -2.11. The van der Waals surface area contributed by atoms with Gasteiger partial charge < -0.3 is 5.11 Å². The number of benzene rings is 1. The first-order chi connectivity index (χ1) is 11.4. The number of carboxylic acids is 1. The molecule has 1 atom stereocenters. The van der Waals surface area contributed by atoms with Gasteiger partial charge in [-0.15, -0.1) is 5.10 Å². The standard InChI is InChI=1S/C14H14N4O5S/c1-2-17-13(21)11(7-12(19)20)24-14(17)16-15-8-9-3-5-10(6-4-9)18(22)23/h3-6,8,11H,2,7H2,1H3,(H,19,20)/b15-8+,16-14-. The van der Waals surface area contributed by atoms with Crippen LogP contribution < -0.4 is 0 Å². The minimum absolute atomic E-state index is 0.0240. The van der Waals surface area contributed by atoms with Crippen molar-refractivity contribution in [3.8, 4) is 0 Å². The van der Waals surface area contributed by atoms with Crippen LogP contribution in [0.15, 0.2) is 34.5 Å². The molecule has 1 aromatic rings. The SMILES string of the molecule is CCN1C(=O)C(CC(=O)O)S/C1=N\N=C\c1ccc([N+](=O)[O-])cc1. The van der Waals surface area contributed by atoms with Gasteiger partial charge in [0, 0.05) is 18.7 Å². The molecule has 1 heterocycles. The van der Waals surface area contributed by atoms with Gasteiger partial charge in [-0.2, -0.15) is 5.10 Å². The number of thioether (sulfide) groups is 1. The van der Waals surface area contributed by atoms with Crippen molar-refractivity contribution in [2.45, 2.75) is 18.6 Å². The van der Waals surface area contributed by atoms with Gasteiger partial charge in [-0.25, -0.2) is 0 Å². The quantitative estimate of drug-likeness (QED) is 0.473. The summed E-state index contributed by atoms with van der Waals surface area (Å²) < 4.78 is 0. The Kier molecular flexibility index (Phi) is 5.64. The van der Waals surface area contributed by atoms with E-state index in [0.29, 0.717) is 17.3 Å². The molecular formula is C14H14N4O5S. The average molecular weight is 350 g/mol. The highest BCUT2D eigenvalue weighted by atomic mass is 32.2. The van der Waals surface area contributed by atoms with Gasteiger partial charge in [0.2, 0.25) is 5.91 Å². The van der Waals surface area contributed by atoms with Crippen LogP contribution in [-0.2, 0) is 9.59 Å². The first-order valence-corrected chi connectivity index (χ1v) is 7.85. The summed E-state index contributed by atoms with van der Waals surface area (Å²) in [6.07, 6.45) is 1.13. The summed E-state index contributed by atoms with van der Waals surface area (Å²) in [5.41, 5.74) is 0.591. The Morgan fingerprint density at radius 2 is 2.12 bits per heavy atom. The Hall–Kier alpha value is -2.75. The number of nitrogens with zero attached hydrogens (tertiary/aromatic N) is 4. The smallest absolute Gasteiger partial charge is 0.305 e. The molecule has 24 heavy (non-hydrogen) atoms.